The number of benzene rings is 2. The third-order valence-corrected chi connectivity index (χ3v) is 3.08. The fourth-order valence-corrected chi connectivity index (χ4v) is 1.95. The first-order chi connectivity index (χ1) is 8.70. The molecule has 0 aliphatic heterocycles. The SMILES string of the molecule is Cc1ccc(C(Cc2ccccc2)NN)cc1F. The third-order valence-electron chi connectivity index (χ3n) is 3.08. The lowest BCUT2D eigenvalue weighted by Gasteiger charge is -2.17. The van der Waals surface area contributed by atoms with Gasteiger partial charge in [-0.15, -0.1) is 0 Å². The Kier molecular flexibility index (Phi) is 4.07. The van der Waals surface area contributed by atoms with Gasteiger partial charge in [0.2, 0.25) is 0 Å². The van der Waals surface area contributed by atoms with E-state index in [4.69, 9.17) is 5.84 Å². The van der Waals surface area contributed by atoms with Gasteiger partial charge in [-0.3, -0.25) is 11.3 Å². The van der Waals surface area contributed by atoms with Crippen molar-refractivity contribution in [2.75, 3.05) is 0 Å². The maximum Gasteiger partial charge on any atom is 0.126 e. The topological polar surface area (TPSA) is 38.0 Å². The number of halogens is 1. The monoisotopic (exact) mass is 244 g/mol. The summed E-state index contributed by atoms with van der Waals surface area (Å²) < 4.78 is 13.5. The molecule has 3 N–H and O–H groups in total. The van der Waals surface area contributed by atoms with Crippen molar-refractivity contribution >= 4 is 0 Å². The van der Waals surface area contributed by atoms with Crippen LogP contribution in [0.25, 0.3) is 0 Å². The van der Waals surface area contributed by atoms with Crippen LogP contribution in [0.2, 0.25) is 0 Å². The van der Waals surface area contributed by atoms with Crippen LogP contribution in [-0.2, 0) is 6.42 Å². The van der Waals surface area contributed by atoms with E-state index in [0.29, 0.717) is 5.56 Å². The molecule has 2 aromatic rings. The van der Waals surface area contributed by atoms with Crippen molar-refractivity contribution in [3.8, 4) is 0 Å². The smallest absolute Gasteiger partial charge is 0.126 e. The molecule has 18 heavy (non-hydrogen) atoms. The van der Waals surface area contributed by atoms with Crippen LogP contribution in [0.1, 0.15) is 22.7 Å². The van der Waals surface area contributed by atoms with Crippen LogP contribution < -0.4 is 11.3 Å². The first-order valence-electron chi connectivity index (χ1n) is 5.97. The first-order valence-corrected chi connectivity index (χ1v) is 5.97. The molecule has 0 saturated heterocycles. The summed E-state index contributed by atoms with van der Waals surface area (Å²) in [5.41, 5.74) is 5.43. The normalized spacial score (nSPS) is 12.4. The molecule has 1 atom stereocenters. The second-order valence-electron chi connectivity index (χ2n) is 4.42. The second-order valence-corrected chi connectivity index (χ2v) is 4.42. The number of nitrogens with one attached hydrogen (secondary N) is 1. The average Bonchev–Trinajstić information content (AvgIpc) is 2.40. The third kappa shape index (κ3) is 2.94. The van der Waals surface area contributed by atoms with Gasteiger partial charge in [-0.05, 0) is 36.1 Å². The molecular weight excluding hydrogens is 227 g/mol. The molecule has 0 amide bonds. The summed E-state index contributed by atoms with van der Waals surface area (Å²) >= 11 is 0. The van der Waals surface area contributed by atoms with Crippen molar-refractivity contribution in [3.63, 3.8) is 0 Å². The Bertz CT molecular complexity index is 511. The van der Waals surface area contributed by atoms with E-state index in [1.807, 2.05) is 36.4 Å². The van der Waals surface area contributed by atoms with Gasteiger partial charge in [0.25, 0.3) is 0 Å². The second kappa shape index (κ2) is 5.76. The number of rotatable bonds is 4. The van der Waals surface area contributed by atoms with Gasteiger partial charge in [0, 0.05) is 0 Å². The van der Waals surface area contributed by atoms with Gasteiger partial charge in [0.1, 0.15) is 5.82 Å². The van der Waals surface area contributed by atoms with Crippen LogP contribution in [0.3, 0.4) is 0 Å². The summed E-state index contributed by atoms with van der Waals surface area (Å²) in [6, 6.07) is 15.2. The molecule has 0 fully saturated rings. The highest BCUT2D eigenvalue weighted by Crippen LogP contribution is 2.20. The zero-order valence-electron chi connectivity index (χ0n) is 10.4. The Labute approximate surface area is 107 Å². The first kappa shape index (κ1) is 12.7. The highest BCUT2D eigenvalue weighted by molar-refractivity contribution is 5.27. The summed E-state index contributed by atoms with van der Waals surface area (Å²) in [5.74, 6) is 5.37. The molecule has 3 heteroatoms. The van der Waals surface area contributed by atoms with E-state index < -0.39 is 0 Å². The van der Waals surface area contributed by atoms with Crippen molar-refractivity contribution < 1.29 is 4.39 Å². The highest BCUT2D eigenvalue weighted by Gasteiger charge is 2.11. The van der Waals surface area contributed by atoms with Crippen LogP contribution in [0.4, 0.5) is 4.39 Å². The van der Waals surface area contributed by atoms with Crippen LogP contribution >= 0.6 is 0 Å². The minimum atomic E-state index is -0.194. The van der Waals surface area contributed by atoms with Gasteiger partial charge >= 0.3 is 0 Å². The molecule has 0 saturated carbocycles. The standard InChI is InChI=1S/C15H17FN2/c1-11-7-8-13(10-14(11)16)15(18-17)9-12-5-3-2-4-6-12/h2-8,10,15,18H,9,17H2,1H3. The fraction of sp³-hybridized carbons (Fsp3) is 0.200. The van der Waals surface area contributed by atoms with E-state index in [9.17, 15) is 4.39 Å². The minimum Gasteiger partial charge on any atom is -0.271 e. The Morgan fingerprint density at radius 1 is 1.17 bits per heavy atom. The molecule has 1 unspecified atom stereocenters. The highest BCUT2D eigenvalue weighted by atomic mass is 19.1. The van der Waals surface area contributed by atoms with E-state index in [0.717, 1.165) is 12.0 Å². The predicted octanol–water partition coefficient (Wildman–Crippen LogP) is 2.88. The Morgan fingerprint density at radius 3 is 2.50 bits per heavy atom. The van der Waals surface area contributed by atoms with Crippen molar-refractivity contribution in [1.29, 1.82) is 0 Å². The van der Waals surface area contributed by atoms with Crippen LogP contribution in [-0.4, -0.2) is 0 Å². The lowest BCUT2D eigenvalue weighted by molar-refractivity contribution is 0.543. The molecule has 2 rings (SSSR count). The maximum atomic E-state index is 13.5. The van der Waals surface area contributed by atoms with Gasteiger partial charge < -0.3 is 0 Å². The number of hydrogen-bond acceptors (Lipinski definition) is 2. The molecule has 0 bridgehead atoms. The van der Waals surface area contributed by atoms with E-state index >= 15 is 0 Å². The van der Waals surface area contributed by atoms with E-state index in [1.54, 1.807) is 19.1 Å². The zero-order valence-corrected chi connectivity index (χ0v) is 10.4. The number of aryl methyl sites for hydroxylation is 1. The Hall–Kier alpha value is -1.71. The van der Waals surface area contributed by atoms with E-state index in [-0.39, 0.29) is 11.9 Å². The lowest BCUT2D eigenvalue weighted by Crippen LogP contribution is -2.29. The molecule has 0 spiro atoms. The molecule has 2 nitrogen and oxygen atoms in total. The molecule has 0 aromatic heterocycles. The maximum absolute atomic E-state index is 13.5. The van der Waals surface area contributed by atoms with Crippen molar-refractivity contribution in [2.24, 2.45) is 5.84 Å². The van der Waals surface area contributed by atoms with Gasteiger partial charge in [-0.2, -0.15) is 0 Å². The van der Waals surface area contributed by atoms with E-state index in [2.05, 4.69) is 5.43 Å². The average molecular weight is 244 g/mol. The largest absolute Gasteiger partial charge is 0.271 e. The molecule has 0 heterocycles. The molecule has 2 aromatic carbocycles. The fourth-order valence-electron chi connectivity index (χ4n) is 1.95. The van der Waals surface area contributed by atoms with Crippen LogP contribution in [0.5, 0.6) is 0 Å². The molecule has 0 aliphatic carbocycles. The summed E-state index contributed by atoms with van der Waals surface area (Å²) in [7, 11) is 0. The van der Waals surface area contributed by atoms with Crippen LogP contribution in [0, 0.1) is 12.7 Å². The lowest BCUT2D eigenvalue weighted by atomic mass is 9.98. The van der Waals surface area contributed by atoms with Gasteiger partial charge in [-0.1, -0.05) is 42.5 Å². The Morgan fingerprint density at radius 2 is 1.89 bits per heavy atom. The number of nitrogens with two attached hydrogens (primary N) is 1. The molecule has 94 valence electrons. The summed E-state index contributed by atoms with van der Waals surface area (Å²) in [6.45, 7) is 1.75. The molecule has 0 radical (unpaired) electrons. The summed E-state index contributed by atoms with van der Waals surface area (Å²) in [4.78, 5) is 0. The van der Waals surface area contributed by atoms with Crippen molar-refractivity contribution in [1.82, 2.24) is 5.43 Å². The molecular formula is C15H17FN2. The van der Waals surface area contributed by atoms with Crippen LogP contribution in [0.15, 0.2) is 48.5 Å². The Balaban J connectivity index is 2.20. The predicted molar refractivity (Wildman–Crippen MR) is 71.3 cm³/mol. The number of hydrogen-bond donors (Lipinski definition) is 2. The number of hydrazine groups is 1. The molecule has 0 aliphatic rings. The summed E-state index contributed by atoms with van der Waals surface area (Å²) in [6.07, 6.45) is 0.736. The van der Waals surface area contributed by atoms with Crippen molar-refractivity contribution in [2.45, 2.75) is 19.4 Å². The minimum absolute atomic E-state index is 0.0810. The van der Waals surface area contributed by atoms with E-state index in [1.165, 1.54) is 5.56 Å². The van der Waals surface area contributed by atoms with Gasteiger partial charge in [-0.25, -0.2) is 4.39 Å². The van der Waals surface area contributed by atoms with Gasteiger partial charge in [0.15, 0.2) is 0 Å². The van der Waals surface area contributed by atoms with Gasteiger partial charge in [0.05, 0.1) is 6.04 Å². The summed E-state index contributed by atoms with van der Waals surface area (Å²) in [5, 5.41) is 0. The zero-order chi connectivity index (χ0) is 13.0. The quantitative estimate of drug-likeness (QED) is 0.641. The van der Waals surface area contributed by atoms with Crippen molar-refractivity contribution in [3.05, 3.63) is 71.0 Å².